The van der Waals surface area contributed by atoms with Crippen LogP contribution in [0.15, 0.2) is 42.7 Å². The van der Waals surface area contributed by atoms with Crippen molar-refractivity contribution in [1.29, 1.82) is 0 Å². The third-order valence-electron chi connectivity index (χ3n) is 2.85. The zero-order valence-corrected chi connectivity index (χ0v) is 11.0. The lowest BCUT2D eigenvalue weighted by atomic mass is 10.1. The Kier molecular flexibility index (Phi) is 4.12. The van der Waals surface area contributed by atoms with Crippen molar-refractivity contribution >= 4 is 0 Å². The van der Waals surface area contributed by atoms with Gasteiger partial charge in [-0.2, -0.15) is 0 Å². The van der Waals surface area contributed by atoms with E-state index < -0.39 is 6.10 Å². The smallest absolute Gasteiger partial charge is 0.165 e. The maximum atomic E-state index is 13.7. The number of hydrogen-bond donors (Lipinski definition) is 1. The van der Waals surface area contributed by atoms with Crippen molar-refractivity contribution in [3.05, 3.63) is 59.7 Å². The van der Waals surface area contributed by atoms with Crippen LogP contribution in [0, 0.1) is 12.7 Å². The number of aromatic nitrogens is 1. The molecule has 0 saturated heterocycles. The Bertz CT molecular complexity index is 543. The molecule has 1 heterocycles. The van der Waals surface area contributed by atoms with Gasteiger partial charge in [-0.3, -0.25) is 4.98 Å². The third-order valence-corrected chi connectivity index (χ3v) is 2.85. The van der Waals surface area contributed by atoms with Gasteiger partial charge >= 0.3 is 0 Å². The first-order valence-corrected chi connectivity index (χ1v) is 6.16. The first-order chi connectivity index (χ1) is 9.08. The summed E-state index contributed by atoms with van der Waals surface area (Å²) >= 11 is 0. The van der Waals surface area contributed by atoms with Gasteiger partial charge in [-0.05, 0) is 49.2 Å². The Labute approximate surface area is 112 Å². The van der Waals surface area contributed by atoms with E-state index in [1.54, 1.807) is 24.5 Å². The molecule has 0 amide bonds. The molecule has 4 heteroatoms. The summed E-state index contributed by atoms with van der Waals surface area (Å²) < 4.78 is 19.5. The number of rotatable bonds is 4. The molecule has 1 aromatic heterocycles. The van der Waals surface area contributed by atoms with Crippen molar-refractivity contribution < 1.29 is 9.13 Å². The Morgan fingerprint density at radius 1 is 1.21 bits per heavy atom. The molecule has 100 valence electrons. The standard InChI is InChI=1S/C15H17FN2O/c1-10-3-4-13(16)14(9-10)19-15(11(2)17)12-5-7-18-8-6-12/h3-9,11,15H,17H2,1-2H3. The first-order valence-electron chi connectivity index (χ1n) is 6.16. The van der Waals surface area contributed by atoms with Gasteiger partial charge in [0.1, 0.15) is 6.10 Å². The van der Waals surface area contributed by atoms with Crippen LogP contribution in [0.2, 0.25) is 0 Å². The lowest BCUT2D eigenvalue weighted by Crippen LogP contribution is -2.29. The number of aryl methyl sites for hydroxylation is 1. The van der Waals surface area contributed by atoms with Crippen LogP contribution in [-0.2, 0) is 0 Å². The van der Waals surface area contributed by atoms with Crippen molar-refractivity contribution in [3.63, 3.8) is 0 Å². The van der Waals surface area contributed by atoms with Crippen LogP contribution in [0.25, 0.3) is 0 Å². The zero-order valence-electron chi connectivity index (χ0n) is 11.0. The number of nitrogens with two attached hydrogens (primary N) is 1. The predicted molar refractivity (Wildman–Crippen MR) is 72.4 cm³/mol. The summed E-state index contributed by atoms with van der Waals surface area (Å²) in [5, 5.41) is 0. The maximum absolute atomic E-state index is 13.7. The van der Waals surface area contributed by atoms with E-state index in [0.717, 1.165) is 11.1 Å². The average Bonchev–Trinajstić information content (AvgIpc) is 2.40. The zero-order chi connectivity index (χ0) is 13.8. The molecule has 0 bridgehead atoms. The SMILES string of the molecule is Cc1ccc(F)c(OC(c2ccncc2)C(C)N)c1. The summed E-state index contributed by atoms with van der Waals surface area (Å²) in [6.45, 7) is 3.72. The molecule has 3 nitrogen and oxygen atoms in total. The first kappa shape index (κ1) is 13.5. The minimum atomic E-state index is -0.403. The fourth-order valence-electron chi connectivity index (χ4n) is 1.87. The fourth-order valence-corrected chi connectivity index (χ4v) is 1.87. The van der Waals surface area contributed by atoms with Gasteiger partial charge in [-0.1, -0.05) is 6.07 Å². The minimum absolute atomic E-state index is 0.221. The summed E-state index contributed by atoms with van der Waals surface area (Å²) in [5.41, 5.74) is 7.76. The second-order valence-electron chi connectivity index (χ2n) is 4.61. The van der Waals surface area contributed by atoms with E-state index in [-0.39, 0.29) is 17.6 Å². The van der Waals surface area contributed by atoms with Crippen LogP contribution < -0.4 is 10.5 Å². The highest BCUT2D eigenvalue weighted by Crippen LogP contribution is 2.26. The van der Waals surface area contributed by atoms with E-state index in [1.165, 1.54) is 6.07 Å². The maximum Gasteiger partial charge on any atom is 0.165 e. The number of hydrogen-bond acceptors (Lipinski definition) is 3. The molecule has 1 aromatic carbocycles. The van der Waals surface area contributed by atoms with Crippen LogP contribution in [0.3, 0.4) is 0 Å². The van der Waals surface area contributed by atoms with E-state index >= 15 is 0 Å². The molecular weight excluding hydrogens is 243 g/mol. The largest absolute Gasteiger partial charge is 0.481 e. The van der Waals surface area contributed by atoms with Crippen molar-refractivity contribution in [2.75, 3.05) is 0 Å². The summed E-state index contributed by atoms with van der Waals surface area (Å²) in [6.07, 6.45) is 2.93. The summed E-state index contributed by atoms with van der Waals surface area (Å²) in [4.78, 5) is 3.96. The second kappa shape index (κ2) is 5.80. The number of halogens is 1. The Hall–Kier alpha value is -1.94. The van der Waals surface area contributed by atoms with E-state index in [1.807, 2.05) is 26.0 Å². The highest BCUT2D eigenvalue weighted by Gasteiger charge is 2.19. The average molecular weight is 260 g/mol. The van der Waals surface area contributed by atoms with Gasteiger partial charge < -0.3 is 10.5 Å². The van der Waals surface area contributed by atoms with Crippen LogP contribution in [0.1, 0.15) is 24.2 Å². The number of benzene rings is 1. The van der Waals surface area contributed by atoms with E-state index in [2.05, 4.69) is 4.98 Å². The molecule has 0 fully saturated rings. The highest BCUT2D eigenvalue weighted by molar-refractivity contribution is 5.30. The summed E-state index contributed by atoms with van der Waals surface area (Å²) in [6, 6.07) is 8.16. The van der Waals surface area contributed by atoms with Crippen LogP contribution in [0.4, 0.5) is 4.39 Å². The predicted octanol–water partition coefficient (Wildman–Crippen LogP) is 3.00. The molecule has 2 aromatic rings. The fraction of sp³-hybridized carbons (Fsp3) is 0.267. The van der Waals surface area contributed by atoms with Gasteiger partial charge in [-0.15, -0.1) is 0 Å². The number of pyridine rings is 1. The van der Waals surface area contributed by atoms with E-state index in [0.29, 0.717) is 0 Å². The quantitative estimate of drug-likeness (QED) is 0.919. The summed E-state index contributed by atoms with van der Waals surface area (Å²) in [5.74, 6) is -0.163. The van der Waals surface area contributed by atoms with E-state index in [9.17, 15) is 4.39 Å². The Morgan fingerprint density at radius 3 is 2.53 bits per heavy atom. The monoisotopic (exact) mass is 260 g/mol. The van der Waals surface area contributed by atoms with Crippen LogP contribution in [-0.4, -0.2) is 11.0 Å². The molecule has 2 N–H and O–H groups in total. The summed E-state index contributed by atoms with van der Waals surface area (Å²) in [7, 11) is 0. The molecule has 19 heavy (non-hydrogen) atoms. The minimum Gasteiger partial charge on any atom is -0.481 e. The molecule has 0 aliphatic heterocycles. The molecule has 0 saturated carbocycles. The Morgan fingerprint density at radius 2 is 1.89 bits per heavy atom. The lowest BCUT2D eigenvalue weighted by Gasteiger charge is -2.23. The Balaban J connectivity index is 2.29. The van der Waals surface area contributed by atoms with Crippen LogP contribution >= 0.6 is 0 Å². The molecule has 0 radical (unpaired) electrons. The van der Waals surface area contributed by atoms with Gasteiger partial charge in [0.2, 0.25) is 0 Å². The van der Waals surface area contributed by atoms with Gasteiger partial charge in [0.15, 0.2) is 11.6 Å². The topological polar surface area (TPSA) is 48.1 Å². The molecule has 2 atom stereocenters. The highest BCUT2D eigenvalue weighted by atomic mass is 19.1. The third kappa shape index (κ3) is 3.29. The lowest BCUT2D eigenvalue weighted by molar-refractivity contribution is 0.172. The molecule has 2 rings (SSSR count). The normalized spacial score (nSPS) is 13.9. The van der Waals surface area contributed by atoms with Gasteiger partial charge in [0.25, 0.3) is 0 Å². The number of ether oxygens (including phenoxy) is 1. The van der Waals surface area contributed by atoms with Gasteiger partial charge in [-0.25, -0.2) is 4.39 Å². The molecule has 0 spiro atoms. The molecule has 2 unspecified atom stereocenters. The second-order valence-corrected chi connectivity index (χ2v) is 4.61. The van der Waals surface area contributed by atoms with Crippen molar-refractivity contribution in [1.82, 2.24) is 4.98 Å². The van der Waals surface area contributed by atoms with Crippen molar-refractivity contribution in [3.8, 4) is 5.75 Å². The van der Waals surface area contributed by atoms with Crippen molar-refractivity contribution in [2.24, 2.45) is 5.73 Å². The van der Waals surface area contributed by atoms with Crippen molar-refractivity contribution in [2.45, 2.75) is 26.0 Å². The van der Waals surface area contributed by atoms with Gasteiger partial charge in [0.05, 0.1) is 0 Å². The molecule has 0 aliphatic rings. The number of nitrogens with zero attached hydrogens (tertiary/aromatic N) is 1. The van der Waals surface area contributed by atoms with Crippen LogP contribution in [0.5, 0.6) is 5.75 Å². The van der Waals surface area contributed by atoms with Gasteiger partial charge in [0, 0.05) is 18.4 Å². The molecular formula is C15H17FN2O. The van der Waals surface area contributed by atoms with E-state index in [4.69, 9.17) is 10.5 Å². The molecule has 0 aliphatic carbocycles.